The molecule has 12 heteroatoms. The van der Waals surface area contributed by atoms with E-state index in [1.165, 1.54) is 30.1 Å². The second kappa shape index (κ2) is 13.1. The number of thiazole rings is 1. The van der Waals surface area contributed by atoms with Crippen molar-refractivity contribution in [1.29, 1.82) is 0 Å². The molecule has 0 saturated carbocycles. The third-order valence-electron chi connectivity index (χ3n) is 6.86. The number of benzene rings is 2. The number of nitrogens with zero attached hydrogens (tertiary/aromatic N) is 2. The van der Waals surface area contributed by atoms with Crippen LogP contribution in [-0.4, -0.2) is 43.9 Å². The first-order valence-corrected chi connectivity index (χ1v) is 15.3. The Morgan fingerprint density at radius 3 is 2.57 bits per heavy atom. The predicted octanol–water partition coefficient (Wildman–Crippen LogP) is 5.01. The molecule has 10 nitrogen and oxygen atoms in total. The van der Waals surface area contributed by atoms with Gasteiger partial charge < -0.3 is 23.4 Å². The predicted molar refractivity (Wildman–Crippen MR) is 168 cm³/mol. The lowest BCUT2D eigenvalue weighted by molar-refractivity contribution is -0.139. The van der Waals surface area contributed by atoms with E-state index >= 15 is 0 Å². The van der Waals surface area contributed by atoms with Crippen molar-refractivity contribution in [3.05, 3.63) is 101 Å². The number of rotatable bonds is 9. The minimum atomic E-state index is -0.861. The molecule has 1 aliphatic rings. The maximum atomic E-state index is 14.0. The van der Waals surface area contributed by atoms with Crippen LogP contribution in [0.4, 0.5) is 0 Å². The molecule has 0 saturated heterocycles. The summed E-state index contributed by atoms with van der Waals surface area (Å²) in [5, 5.41) is 0. The molecule has 0 aliphatic carbocycles. The summed E-state index contributed by atoms with van der Waals surface area (Å²) in [6.07, 6.45) is 1.63. The van der Waals surface area contributed by atoms with E-state index < -0.39 is 18.0 Å². The number of carbonyl (C=O) groups is 2. The van der Waals surface area contributed by atoms with Crippen LogP contribution in [0.3, 0.4) is 0 Å². The van der Waals surface area contributed by atoms with Gasteiger partial charge in [-0.05, 0) is 62.7 Å². The number of fused-ring (bicyclic) bond motifs is 1. The van der Waals surface area contributed by atoms with Crippen molar-refractivity contribution in [2.45, 2.75) is 26.8 Å². The number of hydrogen-bond donors (Lipinski definition) is 0. The molecule has 44 heavy (non-hydrogen) atoms. The number of halogens is 1. The van der Waals surface area contributed by atoms with Crippen molar-refractivity contribution in [2.24, 2.45) is 4.99 Å². The van der Waals surface area contributed by atoms with Gasteiger partial charge in [-0.15, -0.1) is 0 Å². The van der Waals surface area contributed by atoms with Crippen LogP contribution in [0.15, 0.2) is 78.5 Å². The Morgan fingerprint density at radius 2 is 1.86 bits per heavy atom. The van der Waals surface area contributed by atoms with Crippen molar-refractivity contribution in [1.82, 2.24) is 4.57 Å². The SMILES string of the molecule is CCOC(=O)C1=C(C)N=c2s/c(=C/c3ccc(-c4cccc(C(=O)OC)c4)o3)c(=O)n2[C@H]1c1cc(OC)c(OCC)cc1Br. The summed E-state index contributed by atoms with van der Waals surface area (Å²) in [5.74, 6) is 0.877. The quantitative estimate of drug-likeness (QED) is 0.226. The number of furan rings is 1. The molecule has 0 radical (unpaired) electrons. The fourth-order valence-corrected chi connectivity index (χ4v) is 6.47. The fourth-order valence-electron chi connectivity index (χ4n) is 4.91. The summed E-state index contributed by atoms with van der Waals surface area (Å²) in [6.45, 7) is 5.89. The molecule has 5 rings (SSSR count). The molecule has 2 aromatic carbocycles. The van der Waals surface area contributed by atoms with Gasteiger partial charge in [0.1, 0.15) is 11.5 Å². The number of aromatic nitrogens is 1. The van der Waals surface area contributed by atoms with Gasteiger partial charge in [0.15, 0.2) is 16.3 Å². The standard InChI is InChI=1S/C32H29BrN2O8S/c1-6-41-25-16-22(33)21(15-24(25)39-4)28-27(31(38)42-7-2)17(3)34-32-35(28)29(36)26(44-32)14-20-11-12-23(43-20)18-9-8-10-19(13-18)30(37)40-5/h8-16,28H,6-7H2,1-5H3/b26-14+/t28-/m0/s1. The molecule has 0 bridgehead atoms. The van der Waals surface area contributed by atoms with Gasteiger partial charge in [0.2, 0.25) is 0 Å². The second-order valence-corrected chi connectivity index (χ2v) is 11.4. The fraction of sp³-hybridized carbons (Fsp3) is 0.250. The number of methoxy groups -OCH3 is 2. The van der Waals surface area contributed by atoms with E-state index in [2.05, 4.69) is 20.9 Å². The largest absolute Gasteiger partial charge is 0.493 e. The van der Waals surface area contributed by atoms with Crippen molar-refractivity contribution in [2.75, 3.05) is 27.4 Å². The summed E-state index contributed by atoms with van der Waals surface area (Å²) < 4.78 is 30.0. The number of allylic oxidation sites excluding steroid dienone is 1. The lowest BCUT2D eigenvalue weighted by Gasteiger charge is -2.26. The van der Waals surface area contributed by atoms with Crippen LogP contribution < -0.4 is 24.4 Å². The summed E-state index contributed by atoms with van der Waals surface area (Å²) in [4.78, 5) is 44.4. The van der Waals surface area contributed by atoms with E-state index in [0.717, 1.165) is 0 Å². The molecule has 0 spiro atoms. The third kappa shape index (κ3) is 5.87. The summed E-state index contributed by atoms with van der Waals surface area (Å²) in [7, 11) is 2.85. The van der Waals surface area contributed by atoms with E-state index in [-0.39, 0.29) is 17.7 Å². The zero-order valence-electron chi connectivity index (χ0n) is 24.6. The molecule has 4 aromatic rings. The van der Waals surface area contributed by atoms with E-state index in [1.807, 2.05) is 13.0 Å². The van der Waals surface area contributed by atoms with E-state index in [4.69, 9.17) is 23.4 Å². The van der Waals surface area contributed by atoms with Gasteiger partial charge in [0.25, 0.3) is 5.56 Å². The number of hydrogen-bond acceptors (Lipinski definition) is 10. The van der Waals surface area contributed by atoms with Gasteiger partial charge in [-0.1, -0.05) is 39.4 Å². The van der Waals surface area contributed by atoms with Gasteiger partial charge in [-0.25, -0.2) is 14.6 Å². The monoisotopic (exact) mass is 680 g/mol. The van der Waals surface area contributed by atoms with Crippen LogP contribution in [-0.2, 0) is 14.3 Å². The molecule has 228 valence electrons. The minimum absolute atomic E-state index is 0.157. The average Bonchev–Trinajstić information content (AvgIpc) is 3.60. The highest BCUT2D eigenvalue weighted by Gasteiger charge is 2.35. The zero-order valence-corrected chi connectivity index (χ0v) is 27.0. The van der Waals surface area contributed by atoms with Crippen LogP contribution in [0.1, 0.15) is 48.5 Å². The Hall–Kier alpha value is -4.42. The molecule has 1 atom stereocenters. The Morgan fingerprint density at radius 1 is 1.07 bits per heavy atom. The highest BCUT2D eigenvalue weighted by molar-refractivity contribution is 9.10. The van der Waals surface area contributed by atoms with Crippen LogP contribution in [0, 0.1) is 0 Å². The second-order valence-electron chi connectivity index (χ2n) is 9.53. The minimum Gasteiger partial charge on any atom is -0.493 e. The third-order valence-corrected chi connectivity index (χ3v) is 8.53. The Balaban J connectivity index is 1.65. The first-order valence-electron chi connectivity index (χ1n) is 13.7. The van der Waals surface area contributed by atoms with Gasteiger partial charge in [0, 0.05) is 16.1 Å². The van der Waals surface area contributed by atoms with Crippen LogP contribution in [0.5, 0.6) is 11.5 Å². The lowest BCUT2D eigenvalue weighted by Crippen LogP contribution is -2.40. The van der Waals surface area contributed by atoms with Crippen molar-refractivity contribution < 1.29 is 33.0 Å². The molecule has 2 aromatic heterocycles. The van der Waals surface area contributed by atoms with Crippen molar-refractivity contribution >= 4 is 45.3 Å². The molecule has 0 N–H and O–H groups in total. The van der Waals surface area contributed by atoms with Gasteiger partial charge in [-0.3, -0.25) is 9.36 Å². The van der Waals surface area contributed by atoms with Crippen LogP contribution >= 0.6 is 27.3 Å². The number of ether oxygens (including phenoxy) is 4. The summed E-state index contributed by atoms with van der Waals surface area (Å²) in [6, 6.07) is 13.0. The van der Waals surface area contributed by atoms with Gasteiger partial charge >= 0.3 is 11.9 Å². The number of carbonyl (C=O) groups excluding carboxylic acids is 2. The molecular weight excluding hydrogens is 652 g/mol. The highest BCUT2D eigenvalue weighted by Crippen LogP contribution is 2.41. The van der Waals surface area contributed by atoms with Gasteiger partial charge in [-0.2, -0.15) is 0 Å². The van der Waals surface area contributed by atoms with Gasteiger partial charge in [0.05, 0.1) is 54.8 Å². The lowest BCUT2D eigenvalue weighted by atomic mass is 9.95. The summed E-state index contributed by atoms with van der Waals surface area (Å²) in [5.41, 5.74) is 1.98. The first kappa shape index (κ1) is 31.0. The van der Waals surface area contributed by atoms with Crippen LogP contribution in [0.25, 0.3) is 17.4 Å². The Kier molecular flexibility index (Phi) is 9.21. The molecule has 0 fully saturated rings. The molecule has 0 amide bonds. The average molecular weight is 682 g/mol. The first-order chi connectivity index (χ1) is 21.2. The number of esters is 2. The van der Waals surface area contributed by atoms with E-state index in [0.29, 0.717) is 65.8 Å². The molecule has 1 aliphatic heterocycles. The Bertz CT molecular complexity index is 1970. The maximum absolute atomic E-state index is 14.0. The normalized spacial score (nSPS) is 14.6. The van der Waals surface area contributed by atoms with Crippen molar-refractivity contribution in [3.8, 4) is 22.8 Å². The summed E-state index contributed by atoms with van der Waals surface area (Å²) >= 11 is 4.80. The Labute approximate surface area is 265 Å². The zero-order chi connectivity index (χ0) is 31.5. The molecule has 3 heterocycles. The molecule has 0 unspecified atom stereocenters. The topological polar surface area (TPSA) is 119 Å². The molecular formula is C32H29BrN2O8S. The van der Waals surface area contributed by atoms with E-state index in [9.17, 15) is 14.4 Å². The van der Waals surface area contributed by atoms with Crippen molar-refractivity contribution in [3.63, 3.8) is 0 Å². The van der Waals surface area contributed by atoms with E-state index in [1.54, 1.807) is 62.4 Å². The maximum Gasteiger partial charge on any atom is 0.338 e. The highest BCUT2D eigenvalue weighted by atomic mass is 79.9. The smallest absolute Gasteiger partial charge is 0.338 e. The van der Waals surface area contributed by atoms with Crippen LogP contribution in [0.2, 0.25) is 0 Å².